The molecule has 2 aliphatic rings. The van der Waals surface area contributed by atoms with Gasteiger partial charge in [0.15, 0.2) is 0 Å². The number of rotatable bonds is 7. The average molecular weight is 346 g/mol. The van der Waals surface area contributed by atoms with Gasteiger partial charge in [-0.05, 0) is 50.5 Å². The minimum atomic E-state index is -3.16. The Morgan fingerprint density at radius 1 is 1.30 bits per heavy atom. The Morgan fingerprint density at radius 3 is 2.74 bits per heavy atom. The lowest BCUT2D eigenvalue weighted by molar-refractivity contribution is -0.123. The van der Waals surface area contributed by atoms with Gasteiger partial charge in [0, 0.05) is 19.6 Å². The molecule has 2 unspecified atom stereocenters. The molecule has 0 aliphatic carbocycles. The van der Waals surface area contributed by atoms with E-state index in [9.17, 15) is 13.2 Å². The van der Waals surface area contributed by atoms with E-state index >= 15 is 0 Å². The highest BCUT2D eigenvalue weighted by Gasteiger charge is 2.29. The van der Waals surface area contributed by atoms with Crippen molar-refractivity contribution in [2.75, 3.05) is 31.9 Å². The van der Waals surface area contributed by atoms with E-state index in [-0.39, 0.29) is 23.6 Å². The third-order valence-corrected chi connectivity index (χ3v) is 6.64. The molecule has 2 rings (SSSR count). The van der Waals surface area contributed by atoms with Crippen LogP contribution in [0.3, 0.4) is 0 Å². The van der Waals surface area contributed by atoms with Gasteiger partial charge in [-0.15, -0.1) is 0 Å². The van der Waals surface area contributed by atoms with Crippen LogP contribution in [0.4, 0.5) is 0 Å². The molecule has 23 heavy (non-hydrogen) atoms. The first-order chi connectivity index (χ1) is 10.9. The van der Waals surface area contributed by atoms with Crippen LogP contribution >= 0.6 is 0 Å². The van der Waals surface area contributed by atoms with Crippen molar-refractivity contribution in [3.05, 3.63) is 0 Å². The molecule has 134 valence electrons. The number of hydrogen-bond donors (Lipinski definition) is 2. The Hall–Kier alpha value is -0.660. The molecule has 0 spiro atoms. The first kappa shape index (κ1) is 18.7. The number of hydrogen-bond acceptors (Lipinski definition) is 4. The summed E-state index contributed by atoms with van der Waals surface area (Å²) in [6.45, 7) is 6.73. The Labute approximate surface area is 140 Å². The van der Waals surface area contributed by atoms with Crippen LogP contribution < -0.4 is 10.6 Å². The molecule has 0 aromatic rings. The van der Waals surface area contributed by atoms with Crippen molar-refractivity contribution < 1.29 is 13.2 Å². The summed E-state index contributed by atoms with van der Waals surface area (Å²) >= 11 is 0. The van der Waals surface area contributed by atoms with Crippen molar-refractivity contribution in [2.45, 2.75) is 52.0 Å². The highest BCUT2D eigenvalue weighted by atomic mass is 32.2. The average Bonchev–Trinajstić information content (AvgIpc) is 3.05. The minimum Gasteiger partial charge on any atom is -0.354 e. The number of nitrogens with zero attached hydrogens (tertiary/aromatic N) is 1. The number of carbonyl (C=O) groups is 1. The highest BCUT2D eigenvalue weighted by molar-refractivity contribution is 7.89. The van der Waals surface area contributed by atoms with Gasteiger partial charge >= 0.3 is 0 Å². The Bertz CT molecular complexity index is 487. The maximum Gasteiger partial charge on any atom is 0.237 e. The van der Waals surface area contributed by atoms with Crippen LogP contribution in [0.5, 0.6) is 0 Å². The molecule has 2 heterocycles. The van der Waals surface area contributed by atoms with Crippen LogP contribution in [0.15, 0.2) is 0 Å². The molecule has 7 heteroatoms. The van der Waals surface area contributed by atoms with Crippen LogP contribution in [0.1, 0.15) is 46.0 Å². The highest BCUT2D eigenvalue weighted by Crippen LogP contribution is 2.20. The topological polar surface area (TPSA) is 78.5 Å². The lowest BCUT2D eigenvalue weighted by Crippen LogP contribution is -2.47. The van der Waals surface area contributed by atoms with Crippen molar-refractivity contribution in [1.29, 1.82) is 0 Å². The normalized spacial score (nSPS) is 26.6. The van der Waals surface area contributed by atoms with Crippen molar-refractivity contribution in [3.8, 4) is 0 Å². The summed E-state index contributed by atoms with van der Waals surface area (Å²) in [4.78, 5) is 12.0. The maximum absolute atomic E-state index is 12.4. The van der Waals surface area contributed by atoms with Crippen LogP contribution in [0.25, 0.3) is 0 Å². The molecule has 2 fully saturated rings. The van der Waals surface area contributed by atoms with Crippen molar-refractivity contribution in [1.82, 2.24) is 14.9 Å². The van der Waals surface area contributed by atoms with E-state index in [1.807, 2.05) is 13.8 Å². The largest absolute Gasteiger partial charge is 0.354 e. The van der Waals surface area contributed by atoms with Gasteiger partial charge in [-0.1, -0.05) is 13.8 Å². The summed E-state index contributed by atoms with van der Waals surface area (Å²) < 4.78 is 26.5. The molecule has 0 saturated carbocycles. The number of nitrogens with one attached hydrogen (secondary N) is 2. The van der Waals surface area contributed by atoms with Gasteiger partial charge in [-0.25, -0.2) is 12.7 Å². The molecule has 0 bridgehead atoms. The fraction of sp³-hybridized carbons (Fsp3) is 0.938. The third-order valence-electron chi connectivity index (χ3n) is 4.77. The standard InChI is InChI=1S/C16H31N3O3S/c1-13(2)7-10-23(21,22)19-9-4-5-14(12-19)11-18-16(20)15-6-3-8-17-15/h13-15,17H,3-12H2,1-2H3,(H,18,20). The van der Waals surface area contributed by atoms with Crippen molar-refractivity contribution >= 4 is 15.9 Å². The monoisotopic (exact) mass is 345 g/mol. The van der Waals surface area contributed by atoms with E-state index < -0.39 is 10.0 Å². The van der Waals surface area contributed by atoms with E-state index in [4.69, 9.17) is 0 Å². The number of carbonyl (C=O) groups excluding carboxylic acids is 1. The molecule has 2 aliphatic heterocycles. The van der Waals surface area contributed by atoms with Crippen LogP contribution in [-0.2, 0) is 14.8 Å². The van der Waals surface area contributed by atoms with E-state index in [0.29, 0.717) is 32.0 Å². The quantitative estimate of drug-likeness (QED) is 0.720. The van der Waals surface area contributed by atoms with Gasteiger partial charge in [-0.2, -0.15) is 0 Å². The van der Waals surface area contributed by atoms with Gasteiger partial charge in [-0.3, -0.25) is 4.79 Å². The molecule has 2 atom stereocenters. The maximum atomic E-state index is 12.4. The van der Waals surface area contributed by atoms with Crippen molar-refractivity contribution in [2.24, 2.45) is 11.8 Å². The van der Waals surface area contributed by atoms with Gasteiger partial charge in [0.2, 0.25) is 15.9 Å². The molecule has 2 N–H and O–H groups in total. The molecule has 0 aromatic carbocycles. The number of amides is 1. The fourth-order valence-electron chi connectivity index (χ4n) is 3.24. The zero-order valence-electron chi connectivity index (χ0n) is 14.4. The first-order valence-corrected chi connectivity index (χ1v) is 10.5. The summed E-state index contributed by atoms with van der Waals surface area (Å²) in [5, 5.41) is 6.18. The third kappa shape index (κ3) is 5.72. The minimum absolute atomic E-state index is 0.0577. The summed E-state index contributed by atoms with van der Waals surface area (Å²) in [7, 11) is -3.16. The lowest BCUT2D eigenvalue weighted by atomic mass is 9.99. The van der Waals surface area contributed by atoms with Crippen molar-refractivity contribution in [3.63, 3.8) is 0 Å². The Balaban J connectivity index is 1.79. The fourth-order valence-corrected chi connectivity index (χ4v) is 5.11. The SMILES string of the molecule is CC(C)CCS(=O)(=O)N1CCCC(CNC(=O)C2CCCN2)C1. The Morgan fingerprint density at radius 2 is 2.09 bits per heavy atom. The van der Waals surface area contributed by atoms with E-state index in [2.05, 4.69) is 10.6 Å². The van der Waals surface area contributed by atoms with Crippen LogP contribution in [0, 0.1) is 11.8 Å². The predicted octanol–water partition coefficient (Wildman–Crippen LogP) is 0.943. The summed E-state index contributed by atoms with van der Waals surface area (Å²) in [5.41, 5.74) is 0. The molecule has 0 radical (unpaired) electrons. The predicted molar refractivity (Wildman–Crippen MR) is 91.6 cm³/mol. The zero-order valence-corrected chi connectivity index (χ0v) is 15.2. The van der Waals surface area contributed by atoms with Gasteiger partial charge in [0.05, 0.1) is 11.8 Å². The second-order valence-corrected chi connectivity index (χ2v) is 9.35. The lowest BCUT2D eigenvalue weighted by Gasteiger charge is -2.32. The second-order valence-electron chi connectivity index (χ2n) is 7.26. The number of sulfonamides is 1. The molecular formula is C16H31N3O3S. The molecule has 2 saturated heterocycles. The first-order valence-electron chi connectivity index (χ1n) is 8.87. The molecule has 1 amide bonds. The summed E-state index contributed by atoms with van der Waals surface area (Å²) in [5.74, 6) is 0.907. The Kier molecular flexibility index (Phi) is 6.85. The summed E-state index contributed by atoms with van der Waals surface area (Å²) in [6.07, 6.45) is 4.50. The van der Waals surface area contributed by atoms with E-state index in [1.165, 1.54) is 0 Å². The van der Waals surface area contributed by atoms with Gasteiger partial charge in [0.1, 0.15) is 0 Å². The molecule has 0 aromatic heterocycles. The zero-order chi connectivity index (χ0) is 16.9. The van der Waals surface area contributed by atoms with E-state index in [0.717, 1.165) is 32.2 Å². The van der Waals surface area contributed by atoms with E-state index in [1.54, 1.807) is 4.31 Å². The van der Waals surface area contributed by atoms with Crippen LogP contribution in [0.2, 0.25) is 0 Å². The molecule has 6 nitrogen and oxygen atoms in total. The summed E-state index contributed by atoms with van der Waals surface area (Å²) in [6, 6.07) is -0.0653. The smallest absolute Gasteiger partial charge is 0.237 e. The second kappa shape index (κ2) is 8.44. The molecular weight excluding hydrogens is 314 g/mol. The van der Waals surface area contributed by atoms with Crippen LogP contribution in [-0.4, -0.2) is 56.6 Å². The van der Waals surface area contributed by atoms with Gasteiger partial charge < -0.3 is 10.6 Å². The van der Waals surface area contributed by atoms with Gasteiger partial charge in [0.25, 0.3) is 0 Å². The number of piperidine rings is 1.